The summed E-state index contributed by atoms with van der Waals surface area (Å²) in [5.41, 5.74) is 2.72. The van der Waals surface area contributed by atoms with Crippen molar-refractivity contribution in [1.29, 1.82) is 0 Å². The number of imidazole rings is 1. The van der Waals surface area contributed by atoms with E-state index in [-0.39, 0.29) is 16.9 Å². The summed E-state index contributed by atoms with van der Waals surface area (Å²) in [4.78, 5) is 32.2. The summed E-state index contributed by atoms with van der Waals surface area (Å²) in [6.07, 6.45) is -6.67. The average molecular weight is 470 g/mol. The summed E-state index contributed by atoms with van der Waals surface area (Å²) in [5, 5.41) is 12.1. The molecule has 34 heavy (non-hydrogen) atoms. The second kappa shape index (κ2) is 8.79. The van der Waals surface area contributed by atoms with E-state index in [1.807, 2.05) is 32.0 Å². The molecule has 0 radical (unpaired) electrons. The molecule has 2 unspecified atom stereocenters. The van der Waals surface area contributed by atoms with Gasteiger partial charge in [0.15, 0.2) is 6.10 Å². The molecule has 2 heterocycles. The topological polar surface area (TPSA) is 99.5 Å². The van der Waals surface area contributed by atoms with Gasteiger partial charge in [0, 0.05) is 12.3 Å². The zero-order valence-corrected chi connectivity index (χ0v) is 18.2. The van der Waals surface area contributed by atoms with Crippen LogP contribution in [0.3, 0.4) is 0 Å². The minimum atomic E-state index is -4.97. The van der Waals surface area contributed by atoms with Gasteiger partial charge in [0.25, 0.3) is 5.91 Å². The predicted molar refractivity (Wildman–Crippen MR) is 119 cm³/mol. The summed E-state index contributed by atoms with van der Waals surface area (Å²) in [6.45, 7) is 3.90. The molecule has 0 saturated carbocycles. The molecule has 0 bridgehead atoms. The Morgan fingerprint density at radius 1 is 1.09 bits per heavy atom. The molecule has 7 nitrogen and oxygen atoms in total. The van der Waals surface area contributed by atoms with Crippen LogP contribution in [0.2, 0.25) is 0 Å². The number of H-pyrrole nitrogens is 1. The Kier molecular flexibility index (Phi) is 6.01. The fraction of sp³-hybridized carbons (Fsp3) is 0.208. The number of halogens is 3. The van der Waals surface area contributed by atoms with Crippen LogP contribution in [0.5, 0.6) is 0 Å². The Morgan fingerprint density at radius 3 is 2.44 bits per heavy atom. The molecule has 10 heteroatoms. The van der Waals surface area contributed by atoms with Crippen LogP contribution in [0, 0.1) is 13.8 Å². The van der Waals surface area contributed by atoms with Crippen molar-refractivity contribution < 1.29 is 23.1 Å². The zero-order valence-electron chi connectivity index (χ0n) is 18.2. The number of carbonyl (C=O) groups is 1. The maximum Gasteiger partial charge on any atom is 0.416 e. The molecule has 0 saturated heterocycles. The fourth-order valence-electron chi connectivity index (χ4n) is 3.58. The lowest BCUT2D eigenvalue weighted by Crippen LogP contribution is -2.44. The molecule has 4 rings (SSSR count). The van der Waals surface area contributed by atoms with Gasteiger partial charge in [0.05, 0.1) is 11.7 Å². The summed E-state index contributed by atoms with van der Waals surface area (Å²) in [6, 6.07) is 12.8. The molecule has 0 aliphatic carbocycles. The van der Waals surface area contributed by atoms with Crippen LogP contribution >= 0.6 is 0 Å². The third-order valence-corrected chi connectivity index (χ3v) is 5.61. The first-order valence-corrected chi connectivity index (χ1v) is 10.4. The van der Waals surface area contributed by atoms with Gasteiger partial charge in [-0.2, -0.15) is 13.2 Å². The van der Waals surface area contributed by atoms with Gasteiger partial charge in [-0.3, -0.25) is 9.20 Å². The van der Waals surface area contributed by atoms with Crippen molar-refractivity contribution in [3.8, 4) is 11.3 Å². The molecule has 0 fully saturated rings. The number of aryl methyl sites for hydroxylation is 2. The molecule has 176 valence electrons. The highest BCUT2D eigenvalue weighted by molar-refractivity contribution is 5.93. The number of fused-ring (bicyclic) bond motifs is 1. The van der Waals surface area contributed by atoms with Gasteiger partial charge >= 0.3 is 11.9 Å². The number of nitrogens with one attached hydrogen (secondary N) is 2. The lowest BCUT2D eigenvalue weighted by atomic mass is 10.0. The van der Waals surface area contributed by atoms with Crippen molar-refractivity contribution in [2.24, 2.45) is 0 Å². The molecular formula is C24H21F3N4O3. The minimum Gasteiger partial charge on any atom is -0.381 e. The third kappa shape index (κ3) is 4.58. The summed E-state index contributed by atoms with van der Waals surface area (Å²) in [7, 11) is 0. The standard InChI is InChI=1S/C24H21F3N4O3/c1-13-8-9-16(10-14(13)2)17-11-19-28-18(12-31(19)23(34)29-17)22(33)30-20(21(32)24(25,26)27)15-6-4-3-5-7-15/h3-12,20-21,32H,1-2H3,(H,29,34)(H,30,33). The van der Waals surface area contributed by atoms with Crippen molar-refractivity contribution in [2.45, 2.75) is 32.2 Å². The normalized spacial score (nSPS) is 13.6. The largest absolute Gasteiger partial charge is 0.416 e. The number of benzene rings is 2. The van der Waals surface area contributed by atoms with Gasteiger partial charge in [0.2, 0.25) is 0 Å². The van der Waals surface area contributed by atoms with E-state index < -0.39 is 29.9 Å². The molecule has 2 aromatic heterocycles. The van der Waals surface area contributed by atoms with E-state index in [4.69, 9.17) is 0 Å². The maximum absolute atomic E-state index is 13.3. The Morgan fingerprint density at radius 2 is 1.79 bits per heavy atom. The first-order valence-electron chi connectivity index (χ1n) is 10.4. The van der Waals surface area contributed by atoms with Gasteiger partial charge in [-0.05, 0) is 42.2 Å². The van der Waals surface area contributed by atoms with Crippen molar-refractivity contribution in [1.82, 2.24) is 19.7 Å². The zero-order chi connectivity index (χ0) is 24.6. The smallest absolute Gasteiger partial charge is 0.381 e. The third-order valence-electron chi connectivity index (χ3n) is 5.61. The lowest BCUT2D eigenvalue weighted by molar-refractivity contribution is -0.212. The Hall–Kier alpha value is -3.92. The van der Waals surface area contributed by atoms with E-state index >= 15 is 0 Å². The van der Waals surface area contributed by atoms with Gasteiger partial charge < -0.3 is 15.4 Å². The van der Waals surface area contributed by atoms with E-state index in [1.165, 1.54) is 24.3 Å². The Bertz CT molecular complexity index is 1410. The predicted octanol–water partition coefficient (Wildman–Crippen LogP) is 3.70. The number of aromatic nitrogens is 3. The molecule has 0 aliphatic heterocycles. The number of aliphatic hydroxyl groups excluding tert-OH is 1. The number of nitrogens with zero attached hydrogens (tertiary/aromatic N) is 2. The van der Waals surface area contributed by atoms with E-state index in [2.05, 4.69) is 15.3 Å². The molecule has 2 aromatic carbocycles. The van der Waals surface area contributed by atoms with Crippen molar-refractivity contribution in [2.75, 3.05) is 0 Å². The van der Waals surface area contributed by atoms with Gasteiger partial charge in [-0.25, -0.2) is 9.78 Å². The van der Waals surface area contributed by atoms with Crippen LogP contribution < -0.4 is 11.0 Å². The number of amides is 1. The second-order valence-electron chi connectivity index (χ2n) is 7.99. The summed E-state index contributed by atoms with van der Waals surface area (Å²) >= 11 is 0. The van der Waals surface area contributed by atoms with Gasteiger partial charge in [-0.15, -0.1) is 0 Å². The van der Waals surface area contributed by atoms with Crippen LogP contribution in [-0.2, 0) is 0 Å². The summed E-state index contributed by atoms with van der Waals surface area (Å²) < 4.78 is 40.8. The lowest BCUT2D eigenvalue weighted by Gasteiger charge is -2.26. The maximum atomic E-state index is 13.3. The second-order valence-corrected chi connectivity index (χ2v) is 7.99. The first-order chi connectivity index (χ1) is 16.0. The van der Waals surface area contributed by atoms with Gasteiger partial charge in [0.1, 0.15) is 11.3 Å². The van der Waals surface area contributed by atoms with Crippen LogP contribution in [-0.4, -0.2) is 37.7 Å². The Labute approximate surface area is 191 Å². The number of rotatable bonds is 5. The van der Waals surface area contributed by atoms with Crippen LogP contribution in [0.15, 0.2) is 65.6 Å². The number of carbonyl (C=O) groups excluding carboxylic acids is 1. The fourth-order valence-corrected chi connectivity index (χ4v) is 3.58. The number of aromatic amines is 1. The quantitative estimate of drug-likeness (QED) is 0.414. The Balaban J connectivity index is 1.68. The van der Waals surface area contributed by atoms with Crippen molar-refractivity contribution in [3.63, 3.8) is 0 Å². The number of hydrogen-bond acceptors (Lipinski definition) is 4. The minimum absolute atomic E-state index is 0.0688. The molecule has 0 aliphatic rings. The molecule has 2 atom stereocenters. The van der Waals surface area contributed by atoms with E-state index in [9.17, 15) is 27.9 Å². The van der Waals surface area contributed by atoms with Crippen LogP contribution in [0.4, 0.5) is 13.2 Å². The molecule has 1 amide bonds. The highest BCUT2D eigenvalue weighted by Gasteiger charge is 2.45. The van der Waals surface area contributed by atoms with E-state index in [0.717, 1.165) is 27.3 Å². The van der Waals surface area contributed by atoms with Crippen molar-refractivity contribution >= 4 is 11.6 Å². The van der Waals surface area contributed by atoms with Crippen LogP contribution in [0.1, 0.15) is 33.2 Å². The number of alkyl halides is 3. The number of aliphatic hydroxyl groups is 1. The molecule has 0 spiro atoms. The van der Waals surface area contributed by atoms with Crippen LogP contribution in [0.25, 0.3) is 16.9 Å². The van der Waals surface area contributed by atoms with Gasteiger partial charge in [-0.1, -0.05) is 42.5 Å². The highest BCUT2D eigenvalue weighted by Crippen LogP contribution is 2.30. The average Bonchev–Trinajstić information content (AvgIpc) is 3.24. The molecule has 4 aromatic rings. The highest BCUT2D eigenvalue weighted by atomic mass is 19.4. The molecule has 3 N–H and O–H groups in total. The SMILES string of the molecule is Cc1ccc(-c2cc3nc(C(=O)NC(c4ccccc4)C(O)C(F)(F)F)cn3c(=O)[nH]2)cc1C. The van der Waals surface area contributed by atoms with E-state index in [0.29, 0.717) is 5.69 Å². The van der Waals surface area contributed by atoms with E-state index in [1.54, 1.807) is 12.1 Å². The van der Waals surface area contributed by atoms with Crippen molar-refractivity contribution in [3.05, 3.63) is 93.7 Å². The summed E-state index contributed by atoms with van der Waals surface area (Å²) in [5.74, 6) is -0.965. The number of hydrogen-bond donors (Lipinski definition) is 3. The first kappa shape index (κ1) is 23.2. The molecular weight excluding hydrogens is 449 g/mol. The monoisotopic (exact) mass is 470 g/mol.